The second-order valence-electron chi connectivity index (χ2n) is 4.52. The lowest BCUT2D eigenvalue weighted by Gasteiger charge is -2.16. The van der Waals surface area contributed by atoms with Gasteiger partial charge in [0.2, 0.25) is 10.0 Å². The van der Waals surface area contributed by atoms with Crippen molar-refractivity contribution in [1.29, 1.82) is 0 Å². The van der Waals surface area contributed by atoms with Crippen LogP contribution in [-0.2, 0) is 10.0 Å². The molecule has 2 rings (SSSR count). The molecule has 1 aromatic carbocycles. The molecule has 0 spiro atoms. The largest absolute Gasteiger partial charge is 0.326 e. The van der Waals surface area contributed by atoms with Crippen LogP contribution in [0, 0.1) is 11.7 Å². The predicted molar refractivity (Wildman–Crippen MR) is 67.3 cm³/mol. The van der Waals surface area contributed by atoms with E-state index in [1.807, 2.05) is 6.92 Å². The molecule has 0 aromatic heterocycles. The maximum atomic E-state index is 13.8. The van der Waals surface area contributed by atoms with Gasteiger partial charge in [0.05, 0.1) is 5.02 Å². The van der Waals surface area contributed by atoms with Gasteiger partial charge in [0.1, 0.15) is 4.90 Å². The summed E-state index contributed by atoms with van der Waals surface area (Å²) in [7, 11) is -3.86. The van der Waals surface area contributed by atoms with E-state index in [1.165, 1.54) is 22.5 Å². The highest BCUT2D eigenvalue weighted by atomic mass is 35.5. The fourth-order valence-electron chi connectivity index (χ4n) is 1.96. The number of benzene rings is 1. The van der Waals surface area contributed by atoms with Gasteiger partial charge in [0, 0.05) is 19.1 Å². The van der Waals surface area contributed by atoms with Crippen LogP contribution in [0.2, 0.25) is 5.02 Å². The van der Waals surface area contributed by atoms with Gasteiger partial charge >= 0.3 is 0 Å². The Kier molecular flexibility index (Phi) is 3.64. The molecule has 0 radical (unpaired) electrons. The smallest absolute Gasteiger partial charge is 0.246 e. The van der Waals surface area contributed by atoms with E-state index in [2.05, 4.69) is 0 Å². The van der Waals surface area contributed by atoms with Crippen molar-refractivity contribution in [2.24, 2.45) is 11.7 Å². The Morgan fingerprint density at radius 3 is 2.67 bits per heavy atom. The zero-order valence-electron chi connectivity index (χ0n) is 9.81. The molecule has 1 aliphatic rings. The summed E-state index contributed by atoms with van der Waals surface area (Å²) in [4.78, 5) is -0.392. The highest BCUT2D eigenvalue weighted by Crippen LogP contribution is 2.28. The fraction of sp³-hybridized carbons (Fsp3) is 0.455. The van der Waals surface area contributed by atoms with E-state index in [9.17, 15) is 12.8 Å². The van der Waals surface area contributed by atoms with Crippen molar-refractivity contribution in [3.63, 3.8) is 0 Å². The van der Waals surface area contributed by atoms with Crippen LogP contribution in [0.25, 0.3) is 0 Å². The molecule has 2 N–H and O–H groups in total. The Bertz CT molecular complexity index is 554. The molecule has 0 bridgehead atoms. The van der Waals surface area contributed by atoms with Gasteiger partial charge in [-0.25, -0.2) is 12.8 Å². The average Bonchev–Trinajstić information content (AvgIpc) is 2.63. The van der Waals surface area contributed by atoms with Gasteiger partial charge < -0.3 is 5.73 Å². The van der Waals surface area contributed by atoms with Crippen molar-refractivity contribution >= 4 is 21.6 Å². The molecule has 1 aliphatic heterocycles. The molecule has 0 amide bonds. The third kappa shape index (κ3) is 2.25. The molecule has 1 fully saturated rings. The molecule has 4 nitrogen and oxygen atoms in total. The van der Waals surface area contributed by atoms with Gasteiger partial charge in [-0.05, 0) is 18.1 Å². The van der Waals surface area contributed by atoms with Crippen molar-refractivity contribution in [2.45, 2.75) is 17.9 Å². The van der Waals surface area contributed by atoms with E-state index >= 15 is 0 Å². The Balaban J connectivity index is 2.41. The first-order valence-electron chi connectivity index (χ1n) is 5.53. The number of rotatable bonds is 2. The van der Waals surface area contributed by atoms with Crippen molar-refractivity contribution < 1.29 is 12.8 Å². The quantitative estimate of drug-likeness (QED) is 0.897. The lowest BCUT2D eigenvalue weighted by Crippen LogP contribution is -2.32. The third-order valence-electron chi connectivity index (χ3n) is 3.17. The standard InChI is InChI=1S/C11H14ClFN2O2S/c1-7-5-15(6-9(7)14)18(16,17)10-4-2-3-8(12)11(10)13/h2-4,7,9H,5-6,14H2,1H3. The molecule has 0 saturated carbocycles. The van der Waals surface area contributed by atoms with Crippen molar-refractivity contribution in [3.05, 3.63) is 29.0 Å². The monoisotopic (exact) mass is 292 g/mol. The maximum Gasteiger partial charge on any atom is 0.246 e. The fourth-order valence-corrected chi connectivity index (χ4v) is 3.86. The van der Waals surface area contributed by atoms with Crippen LogP contribution >= 0.6 is 11.6 Å². The molecule has 18 heavy (non-hydrogen) atoms. The number of nitrogens with two attached hydrogens (primary N) is 1. The van der Waals surface area contributed by atoms with E-state index in [0.29, 0.717) is 6.54 Å². The van der Waals surface area contributed by atoms with E-state index in [0.717, 1.165) is 0 Å². The van der Waals surface area contributed by atoms with Crippen LogP contribution in [-0.4, -0.2) is 31.9 Å². The second kappa shape index (κ2) is 4.77. The van der Waals surface area contributed by atoms with Crippen LogP contribution in [0.4, 0.5) is 4.39 Å². The molecule has 1 heterocycles. The van der Waals surface area contributed by atoms with Crippen LogP contribution < -0.4 is 5.73 Å². The van der Waals surface area contributed by atoms with Gasteiger partial charge in [-0.2, -0.15) is 4.31 Å². The first kappa shape index (κ1) is 13.7. The first-order chi connectivity index (χ1) is 8.34. The summed E-state index contributed by atoms with van der Waals surface area (Å²) >= 11 is 5.60. The van der Waals surface area contributed by atoms with Crippen LogP contribution in [0.15, 0.2) is 23.1 Å². The molecular weight excluding hydrogens is 279 g/mol. The zero-order valence-corrected chi connectivity index (χ0v) is 11.4. The minimum atomic E-state index is -3.86. The average molecular weight is 293 g/mol. The van der Waals surface area contributed by atoms with Crippen LogP contribution in [0.5, 0.6) is 0 Å². The topological polar surface area (TPSA) is 63.4 Å². The molecule has 1 saturated heterocycles. The van der Waals surface area contributed by atoms with E-state index in [4.69, 9.17) is 17.3 Å². The molecule has 2 atom stereocenters. The van der Waals surface area contributed by atoms with Gasteiger partial charge in [-0.1, -0.05) is 24.6 Å². The molecular formula is C11H14ClFN2O2S. The Hall–Kier alpha value is -0.690. The number of nitrogens with zero attached hydrogens (tertiary/aromatic N) is 1. The molecule has 1 aromatic rings. The summed E-state index contributed by atoms with van der Waals surface area (Å²) in [5, 5.41) is -0.201. The number of halogens is 2. The van der Waals surface area contributed by atoms with Crippen LogP contribution in [0.1, 0.15) is 6.92 Å². The highest BCUT2D eigenvalue weighted by molar-refractivity contribution is 7.89. The van der Waals surface area contributed by atoms with E-state index in [1.54, 1.807) is 0 Å². The molecule has 2 unspecified atom stereocenters. The molecule has 7 heteroatoms. The minimum absolute atomic E-state index is 0.0574. The lowest BCUT2D eigenvalue weighted by atomic mass is 10.1. The summed E-state index contributed by atoms with van der Waals surface area (Å²) < 4.78 is 39.5. The first-order valence-corrected chi connectivity index (χ1v) is 7.35. The Labute approximate surface area is 111 Å². The summed E-state index contributed by atoms with van der Waals surface area (Å²) in [6.07, 6.45) is 0. The van der Waals surface area contributed by atoms with E-state index in [-0.39, 0.29) is 23.5 Å². The van der Waals surface area contributed by atoms with Crippen LogP contribution in [0.3, 0.4) is 0 Å². The predicted octanol–water partition coefficient (Wildman–Crippen LogP) is 1.45. The summed E-state index contributed by atoms with van der Waals surface area (Å²) in [6.45, 7) is 2.37. The zero-order chi connectivity index (χ0) is 13.5. The second-order valence-corrected chi connectivity index (χ2v) is 6.83. The third-order valence-corrected chi connectivity index (χ3v) is 5.31. The molecule has 100 valence electrons. The summed E-state index contributed by atoms with van der Waals surface area (Å²) in [6, 6.07) is 3.72. The summed E-state index contributed by atoms with van der Waals surface area (Å²) in [5.74, 6) is -0.852. The Morgan fingerprint density at radius 2 is 2.11 bits per heavy atom. The lowest BCUT2D eigenvalue weighted by molar-refractivity contribution is 0.458. The van der Waals surface area contributed by atoms with Gasteiger partial charge in [0.15, 0.2) is 5.82 Å². The van der Waals surface area contributed by atoms with Gasteiger partial charge in [0.25, 0.3) is 0 Å². The summed E-state index contributed by atoms with van der Waals surface area (Å²) in [5.41, 5.74) is 5.79. The SMILES string of the molecule is CC1CN(S(=O)(=O)c2cccc(Cl)c2F)CC1N. The minimum Gasteiger partial charge on any atom is -0.326 e. The number of hydrogen-bond acceptors (Lipinski definition) is 3. The van der Waals surface area contributed by atoms with Crippen molar-refractivity contribution in [1.82, 2.24) is 4.31 Å². The molecule has 0 aliphatic carbocycles. The van der Waals surface area contributed by atoms with Gasteiger partial charge in [-0.3, -0.25) is 0 Å². The maximum absolute atomic E-state index is 13.8. The highest BCUT2D eigenvalue weighted by Gasteiger charge is 2.36. The number of hydrogen-bond donors (Lipinski definition) is 1. The van der Waals surface area contributed by atoms with Crippen molar-refractivity contribution in [2.75, 3.05) is 13.1 Å². The normalized spacial score (nSPS) is 25.6. The number of sulfonamides is 1. The van der Waals surface area contributed by atoms with E-state index < -0.39 is 20.7 Å². The van der Waals surface area contributed by atoms with Crippen molar-refractivity contribution in [3.8, 4) is 0 Å². The van der Waals surface area contributed by atoms with Gasteiger partial charge in [-0.15, -0.1) is 0 Å². The Morgan fingerprint density at radius 1 is 1.44 bits per heavy atom.